The zero-order valence-electron chi connectivity index (χ0n) is 17.4. The normalized spacial score (nSPS) is 11.7. The van der Waals surface area contributed by atoms with Crippen LogP contribution in [-0.4, -0.2) is 36.4 Å². The molecule has 8 heteroatoms. The van der Waals surface area contributed by atoms with E-state index in [0.29, 0.717) is 32.8 Å². The summed E-state index contributed by atoms with van der Waals surface area (Å²) in [5, 5.41) is 4.12. The van der Waals surface area contributed by atoms with Crippen LogP contribution in [0.4, 0.5) is 0 Å². The van der Waals surface area contributed by atoms with Gasteiger partial charge in [0, 0.05) is 34.2 Å². The highest BCUT2D eigenvalue weighted by Gasteiger charge is 2.29. The van der Waals surface area contributed by atoms with Crippen LogP contribution < -0.4 is 10.1 Å². The van der Waals surface area contributed by atoms with E-state index in [1.807, 2.05) is 20.8 Å². The molecule has 0 heterocycles. The van der Waals surface area contributed by atoms with Crippen LogP contribution in [0.5, 0.6) is 5.75 Å². The van der Waals surface area contributed by atoms with E-state index >= 15 is 0 Å². The van der Waals surface area contributed by atoms with E-state index in [9.17, 15) is 9.59 Å². The van der Waals surface area contributed by atoms with Gasteiger partial charge in [-0.25, -0.2) is 0 Å². The molecule has 0 radical (unpaired) electrons. The molecule has 1 unspecified atom stereocenters. The quantitative estimate of drug-likeness (QED) is 0.576. The van der Waals surface area contributed by atoms with Crippen molar-refractivity contribution >= 4 is 46.6 Å². The van der Waals surface area contributed by atoms with E-state index in [4.69, 9.17) is 39.5 Å². The number of halogens is 3. The number of nitrogens with one attached hydrogen (secondary N) is 1. The topological polar surface area (TPSA) is 58.6 Å². The maximum absolute atomic E-state index is 13.1. The zero-order chi connectivity index (χ0) is 22.4. The number of likely N-dealkylation sites (N-methyl/N-ethyl adjacent to an activating group) is 1. The molecule has 0 bridgehead atoms. The van der Waals surface area contributed by atoms with Gasteiger partial charge in [-0.15, -0.1) is 0 Å². The molecule has 0 aromatic heterocycles. The van der Waals surface area contributed by atoms with Gasteiger partial charge in [-0.1, -0.05) is 47.8 Å². The van der Waals surface area contributed by atoms with Crippen LogP contribution in [0.25, 0.3) is 0 Å². The number of hydrogen-bond donors (Lipinski definition) is 1. The highest BCUT2D eigenvalue weighted by Crippen LogP contribution is 2.28. The second kappa shape index (κ2) is 10.9. The molecule has 5 nitrogen and oxygen atoms in total. The molecule has 0 aliphatic rings. The summed E-state index contributed by atoms with van der Waals surface area (Å²) in [6.07, 6.45) is 0.423. The molecule has 2 aromatic carbocycles. The molecule has 2 aromatic rings. The van der Waals surface area contributed by atoms with Crippen LogP contribution in [0.15, 0.2) is 30.3 Å². The maximum atomic E-state index is 13.1. The Labute approximate surface area is 192 Å². The van der Waals surface area contributed by atoms with Crippen LogP contribution in [0.2, 0.25) is 15.1 Å². The first-order valence-electron chi connectivity index (χ1n) is 9.53. The highest BCUT2D eigenvalue weighted by atomic mass is 35.5. The second-order valence-corrected chi connectivity index (χ2v) is 8.11. The lowest BCUT2D eigenvalue weighted by molar-refractivity contribution is -0.142. The Balaban J connectivity index is 2.29. The molecule has 0 aliphatic heterocycles. The molecule has 0 fully saturated rings. The van der Waals surface area contributed by atoms with Crippen molar-refractivity contribution in [2.24, 2.45) is 0 Å². The number of benzene rings is 2. The van der Waals surface area contributed by atoms with Gasteiger partial charge in [-0.2, -0.15) is 0 Å². The lowest BCUT2D eigenvalue weighted by Gasteiger charge is -2.30. The van der Waals surface area contributed by atoms with E-state index in [1.54, 1.807) is 30.3 Å². The monoisotopic (exact) mass is 470 g/mol. The molecule has 0 spiro atoms. The fraction of sp³-hybridized carbons (Fsp3) is 0.364. The van der Waals surface area contributed by atoms with Crippen molar-refractivity contribution in [3.8, 4) is 5.75 Å². The third-order valence-electron chi connectivity index (χ3n) is 4.79. The molecule has 162 valence electrons. The molecule has 0 saturated heterocycles. The average Bonchev–Trinajstić information content (AvgIpc) is 2.71. The van der Waals surface area contributed by atoms with Gasteiger partial charge in [0.2, 0.25) is 5.91 Å². The zero-order valence-corrected chi connectivity index (χ0v) is 19.7. The molecule has 2 rings (SSSR count). The van der Waals surface area contributed by atoms with Crippen LogP contribution in [0.1, 0.15) is 30.0 Å². The van der Waals surface area contributed by atoms with Gasteiger partial charge < -0.3 is 15.0 Å². The van der Waals surface area contributed by atoms with E-state index < -0.39 is 6.04 Å². The first-order valence-corrected chi connectivity index (χ1v) is 10.7. The van der Waals surface area contributed by atoms with E-state index in [-0.39, 0.29) is 25.0 Å². The SMILES string of the molecule is CCC(C(=O)NC)N(Cc1c(Cl)cccc1Cl)C(=O)COc1cc(C)c(Cl)c(C)c1. The second-order valence-electron chi connectivity index (χ2n) is 6.92. The third-order valence-corrected chi connectivity index (χ3v) is 6.10. The van der Waals surface area contributed by atoms with Crippen LogP contribution >= 0.6 is 34.8 Å². The van der Waals surface area contributed by atoms with Gasteiger partial charge in [-0.05, 0) is 55.7 Å². The largest absolute Gasteiger partial charge is 0.484 e. The fourth-order valence-corrected chi connectivity index (χ4v) is 3.78. The first kappa shape index (κ1) is 24.3. The van der Waals surface area contributed by atoms with E-state index in [2.05, 4.69) is 5.32 Å². The number of amides is 2. The number of carbonyl (C=O) groups excluding carboxylic acids is 2. The molecule has 1 N–H and O–H groups in total. The summed E-state index contributed by atoms with van der Waals surface area (Å²) in [4.78, 5) is 27.0. The summed E-state index contributed by atoms with van der Waals surface area (Å²) in [7, 11) is 1.53. The van der Waals surface area contributed by atoms with Gasteiger partial charge in [0.1, 0.15) is 11.8 Å². The Kier molecular flexibility index (Phi) is 8.83. The Bertz CT molecular complexity index is 891. The molecule has 0 saturated carbocycles. The minimum atomic E-state index is -0.688. The van der Waals surface area contributed by atoms with Gasteiger partial charge in [-0.3, -0.25) is 9.59 Å². The minimum absolute atomic E-state index is 0.0886. The number of ether oxygens (including phenoxy) is 1. The van der Waals surface area contributed by atoms with Crippen molar-refractivity contribution < 1.29 is 14.3 Å². The van der Waals surface area contributed by atoms with Gasteiger partial charge >= 0.3 is 0 Å². The van der Waals surface area contributed by atoms with Crippen LogP contribution in [-0.2, 0) is 16.1 Å². The van der Waals surface area contributed by atoms with E-state index in [0.717, 1.165) is 11.1 Å². The lowest BCUT2D eigenvalue weighted by Crippen LogP contribution is -2.49. The van der Waals surface area contributed by atoms with Gasteiger partial charge in [0.05, 0.1) is 0 Å². The summed E-state index contributed by atoms with van der Waals surface area (Å²) in [6, 6.07) is 7.98. The van der Waals surface area contributed by atoms with Gasteiger partial charge in [0.15, 0.2) is 6.61 Å². The predicted octanol–water partition coefficient (Wildman–Crippen LogP) is 5.20. The molecular formula is C22H25Cl3N2O3. The summed E-state index contributed by atoms with van der Waals surface area (Å²) in [5.74, 6) is -0.0923. The number of carbonyl (C=O) groups is 2. The number of aryl methyl sites for hydroxylation is 2. The molecule has 0 aliphatic carbocycles. The minimum Gasteiger partial charge on any atom is -0.484 e. The van der Waals surface area contributed by atoms with Crippen molar-refractivity contribution in [1.29, 1.82) is 0 Å². The summed E-state index contributed by atoms with van der Waals surface area (Å²) in [5.41, 5.74) is 2.29. The highest BCUT2D eigenvalue weighted by molar-refractivity contribution is 6.36. The standard InChI is InChI=1S/C22H25Cl3N2O3/c1-5-19(22(29)26-4)27(11-16-17(23)7-6-8-18(16)24)20(28)12-30-15-9-13(2)21(25)14(3)10-15/h6-10,19H,5,11-12H2,1-4H3,(H,26,29). The van der Waals surface area contributed by atoms with Crippen molar-refractivity contribution in [1.82, 2.24) is 10.2 Å². The number of nitrogens with zero attached hydrogens (tertiary/aromatic N) is 1. The first-order chi connectivity index (χ1) is 14.2. The Morgan fingerprint density at radius 1 is 1.10 bits per heavy atom. The maximum Gasteiger partial charge on any atom is 0.261 e. The van der Waals surface area contributed by atoms with E-state index in [1.165, 1.54) is 11.9 Å². The Morgan fingerprint density at radius 2 is 1.67 bits per heavy atom. The average molecular weight is 472 g/mol. The number of hydrogen-bond acceptors (Lipinski definition) is 3. The summed E-state index contributed by atoms with van der Waals surface area (Å²) >= 11 is 18.8. The predicted molar refractivity (Wildman–Crippen MR) is 122 cm³/mol. The van der Waals surface area contributed by atoms with Crippen LogP contribution in [0, 0.1) is 13.8 Å². The Hall–Kier alpha value is -1.95. The molecule has 2 amide bonds. The third kappa shape index (κ3) is 5.81. The fourth-order valence-electron chi connectivity index (χ4n) is 3.16. The van der Waals surface area contributed by atoms with Gasteiger partial charge in [0.25, 0.3) is 5.91 Å². The lowest BCUT2D eigenvalue weighted by atomic mass is 10.1. The molecular weight excluding hydrogens is 447 g/mol. The summed E-state index contributed by atoms with van der Waals surface area (Å²) < 4.78 is 5.72. The van der Waals surface area contributed by atoms with Crippen molar-refractivity contribution in [2.45, 2.75) is 39.8 Å². The Morgan fingerprint density at radius 3 is 2.17 bits per heavy atom. The molecule has 30 heavy (non-hydrogen) atoms. The number of rotatable bonds is 8. The van der Waals surface area contributed by atoms with Crippen molar-refractivity contribution in [3.05, 3.63) is 62.1 Å². The van der Waals surface area contributed by atoms with Crippen LogP contribution in [0.3, 0.4) is 0 Å². The molecule has 1 atom stereocenters. The summed E-state index contributed by atoms with van der Waals surface area (Å²) in [6.45, 7) is 5.42. The van der Waals surface area contributed by atoms with Crippen molar-refractivity contribution in [2.75, 3.05) is 13.7 Å². The smallest absolute Gasteiger partial charge is 0.261 e. The van der Waals surface area contributed by atoms with Crippen molar-refractivity contribution in [3.63, 3.8) is 0 Å².